The summed E-state index contributed by atoms with van der Waals surface area (Å²) in [6, 6.07) is 15.2. The second kappa shape index (κ2) is 8.00. The van der Waals surface area contributed by atoms with Crippen LogP contribution in [0.2, 0.25) is 0 Å². The fraction of sp³-hybridized carbons (Fsp3) is 0.208. The highest BCUT2D eigenvalue weighted by molar-refractivity contribution is 5.99. The summed E-state index contributed by atoms with van der Waals surface area (Å²) in [5.41, 5.74) is 6.00. The highest BCUT2D eigenvalue weighted by Gasteiger charge is 2.19. The molecule has 4 rings (SSSR count). The van der Waals surface area contributed by atoms with Crippen LogP contribution in [0.5, 0.6) is 0 Å². The van der Waals surface area contributed by atoms with Crippen LogP contribution in [0.25, 0.3) is 22.4 Å². The lowest BCUT2D eigenvalue weighted by Crippen LogP contribution is -2.11. The number of benzene rings is 2. The molecule has 7 heteroatoms. The maximum atomic E-state index is 12.0. The Bertz CT molecular complexity index is 1350. The van der Waals surface area contributed by atoms with E-state index in [2.05, 4.69) is 27.5 Å². The molecule has 0 fully saturated rings. The molecular formula is C24H22N6O. The molecule has 2 heterocycles. The number of ketones is 1. The van der Waals surface area contributed by atoms with Gasteiger partial charge in [-0.3, -0.25) is 9.48 Å². The van der Waals surface area contributed by atoms with Gasteiger partial charge in [0.2, 0.25) is 0 Å². The third kappa shape index (κ3) is 3.88. The van der Waals surface area contributed by atoms with Crippen molar-refractivity contribution in [3.05, 3.63) is 71.0 Å². The predicted octanol–water partition coefficient (Wildman–Crippen LogP) is 4.59. The van der Waals surface area contributed by atoms with Crippen molar-refractivity contribution >= 4 is 22.5 Å². The van der Waals surface area contributed by atoms with Crippen LogP contribution >= 0.6 is 0 Å². The van der Waals surface area contributed by atoms with Gasteiger partial charge in [0.25, 0.3) is 0 Å². The van der Waals surface area contributed by atoms with Gasteiger partial charge in [-0.15, -0.1) is 0 Å². The summed E-state index contributed by atoms with van der Waals surface area (Å²) in [4.78, 5) is 21.4. The Morgan fingerprint density at radius 1 is 1.19 bits per heavy atom. The maximum absolute atomic E-state index is 12.0. The van der Waals surface area contributed by atoms with Crippen molar-refractivity contribution in [1.82, 2.24) is 19.7 Å². The number of rotatable bonds is 5. The largest absolute Gasteiger partial charge is 0.378 e. The van der Waals surface area contributed by atoms with E-state index in [0.29, 0.717) is 28.0 Å². The van der Waals surface area contributed by atoms with Crippen molar-refractivity contribution in [3.8, 4) is 17.5 Å². The van der Waals surface area contributed by atoms with Gasteiger partial charge in [-0.25, -0.2) is 9.97 Å². The molecule has 2 aromatic heterocycles. The number of anilines is 1. The van der Waals surface area contributed by atoms with Crippen molar-refractivity contribution in [2.24, 2.45) is 7.05 Å². The molecule has 0 aliphatic carbocycles. The number of nitriles is 1. The van der Waals surface area contributed by atoms with E-state index in [9.17, 15) is 10.1 Å². The number of hydrogen-bond acceptors (Lipinski definition) is 6. The fourth-order valence-electron chi connectivity index (χ4n) is 3.69. The number of nitrogens with zero attached hydrogens (tertiary/aromatic N) is 5. The molecule has 1 atom stereocenters. The van der Waals surface area contributed by atoms with Crippen molar-refractivity contribution in [2.45, 2.75) is 26.8 Å². The lowest BCUT2D eigenvalue weighted by atomic mass is 10.0. The lowest BCUT2D eigenvalue weighted by Gasteiger charge is -2.20. The normalized spacial score (nSPS) is 11.8. The van der Waals surface area contributed by atoms with E-state index in [0.717, 1.165) is 16.8 Å². The van der Waals surface area contributed by atoms with Crippen molar-refractivity contribution < 1.29 is 4.79 Å². The van der Waals surface area contributed by atoms with Crippen LogP contribution in [0.3, 0.4) is 0 Å². The molecule has 0 spiro atoms. The van der Waals surface area contributed by atoms with E-state index >= 15 is 0 Å². The molecular weight excluding hydrogens is 388 g/mol. The van der Waals surface area contributed by atoms with E-state index in [-0.39, 0.29) is 17.5 Å². The summed E-state index contributed by atoms with van der Waals surface area (Å²) in [6.45, 7) is 5.56. The first-order valence-electron chi connectivity index (χ1n) is 9.96. The second-order valence-electron chi connectivity index (χ2n) is 7.60. The Morgan fingerprint density at radius 2 is 1.97 bits per heavy atom. The molecule has 31 heavy (non-hydrogen) atoms. The van der Waals surface area contributed by atoms with Crippen LogP contribution in [0.15, 0.2) is 48.7 Å². The minimum atomic E-state index is -0.151. The first-order valence-corrected chi connectivity index (χ1v) is 9.96. The zero-order chi connectivity index (χ0) is 22.1. The van der Waals surface area contributed by atoms with Crippen molar-refractivity contribution in [1.29, 1.82) is 5.26 Å². The molecule has 0 saturated carbocycles. The fourth-order valence-corrected chi connectivity index (χ4v) is 3.69. The molecule has 0 bridgehead atoms. The number of nitrogens with one attached hydrogen (secondary N) is 1. The number of para-hydroxylation sites is 1. The quantitative estimate of drug-likeness (QED) is 0.484. The molecule has 0 aliphatic rings. The van der Waals surface area contributed by atoms with Gasteiger partial charge in [-0.05, 0) is 50.6 Å². The Kier molecular flexibility index (Phi) is 5.22. The molecule has 7 nitrogen and oxygen atoms in total. The maximum Gasteiger partial charge on any atom is 0.169 e. The van der Waals surface area contributed by atoms with Crippen LogP contribution in [-0.2, 0) is 7.05 Å². The molecule has 154 valence electrons. The van der Waals surface area contributed by atoms with Gasteiger partial charge in [0.05, 0.1) is 17.1 Å². The lowest BCUT2D eigenvalue weighted by molar-refractivity contribution is 0.101. The Labute approximate surface area is 180 Å². The zero-order valence-electron chi connectivity index (χ0n) is 17.8. The van der Waals surface area contributed by atoms with Crippen LogP contribution < -0.4 is 5.32 Å². The van der Waals surface area contributed by atoms with E-state index in [1.165, 1.54) is 0 Å². The van der Waals surface area contributed by atoms with Gasteiger partial charge in [0.15, 0.2) is 11.5 Å². The average Bonchev–Trinajstić information content (AvgIpc) is 3.18. The van der Waals surface area contributed by atoms with E-state index in [4.69, 9.17) is 4.98 Å². The first-order chi connectivity index (χ1) is 14.9. The van der Waals surface area contributed by atoms with Crippen molar-refractivity contribution in [3.63, 3.8) is 0 Å². The Hall–Kier alpha value is -4.05. The molecule has 0 unspecified atom stereocenters. The Morgan fingerprint density at radius 3 is 2.65 bits per heavy atom. The zero-order valence-corrected chi connectivity index (χ0v) is 17.8. The predicted molar refractivity (Wildman–Crippen MR) is 120 cm³/mol. The van der Waals surface area contributed by atoms with Crippen LogP contribution in [0.1, 0.15) is 47.1 Å². The highest BCUT2D eigenvalue weighted by atomic mass is 16.1. The number of aromatic nitrogens is 4. The van der Waals surface area contributed by atoms with E-state index in [1.54, 1.807) is 17.8 Å². The van der Waals surface area contributed by atoms with Gasteiger partial charge < -0.3 is 5.32 Å². The van der Waals surface area contributed by atoms with Crippen LogP contribution in [0, 0.1) is 18.3 Å². The summed E-state index contributed by atoms with van der Waals surface area (Å²) < 4.78 is 1.67. The molecule has 4 aromatic rings. The third-order valence-electron chi connectivity index (χ3n) is 5.15. The minimum Gasteiger partial charge on any atom is -0.378 e. The van der Waals surface area contributed by atoms with Gasteiger partial charge in [0, 0.05) is 30.1 Å². The monoisotopic (exact) mass is 410 g/mol. The average molecular weight is 410 g/mol. The van der Waals surface area contributed by atoms with Gasteiger partial charge in [-0.2, -0.15) is 10.4 Å². The van der Waals surface area contributed by atoms with E-state index in [1.807, 2.05) is 57.3 Å². The van der Waals surface area contributed by atoms with Crippen LogP contribution in [0.4, 0.5) is 5.69 Å². The SMILES string of the molecule is CC(=O)c1ccccc1N[C@H](C)c1cc(C)cc2nc(C#N)c(-c3ccn(C)n3)nc12. The summed E-state index contributed by atoms with van der Waals surface area (Å²) in [5.74, 6) is 0.000271. The second-order valence-corrected chi connectivity index (χ2v) is 7.60. The highest BCUT2D eigenvalue weighted by Crippen LogP contribution is 2.30. The molecule has 1 N–H and O–H groups in total. The van der Waals surface area contributed by atoms with E-state index < -0.39 is 0 Å². The standard InChI is InChI=1S/C24H22N6O/c1-14-11-18(15(2)26-19-8-6-5-7-17(19)16(3)31)23-21(12-14)27-22(13-25)24(28-23)20-9-10-30(4)29-20/h5-12,15,26H,1-4H3/t15-/m1/s1. The first kappa shape index (κ1) is 20.2. The topological polar surface area (TPSA) is 96.5 Å². The summed E-state index contributed by atoms with van der Waals surface area (Å²) in [7, 11) is 1.82. The van der Waals surface area contributed by atoms with Gasteiger partial charge in [-0.1, -0.05) is 18.2 Å². The van der Waals surface area contributed by atoms with Crippen molar-refractivity contribution in [2.75, 3.05) is 5.32 Å². The number of hydrogen-bond donors (Lipinski definition) is 1. The molecule has 0 saturated heterocycles. The summed E-state index contributed by atoms with van der Waals surface area (Å²) in [5, 5.41) is 17.5. The summed E-state index contributed by atoms with van der Waals surface area (Å²) >= 11 is 0. The smallest absolute Gasteiger partial charge is 0.169 e. The molecule has 0 aliphatic heterocycles. The number of aryl methyl sites for hydroxylation is 2. The number of fused-ring (bicyclic) bond motifs is 1. The minimum absolute atomic E-state index is 0.000271. The van der Waals surface area contributed by atoms with Crippen LogP contribution in [-0.4, -0.2) is 25.5 Å². The molecule has 0 amide bonds. The van der Waals surface area contributed by atoms with Gasteiger partial charge >= 0.3 is 0 Å². The number of carbonyl (C=O) groups is 1. The number of Topliss-reactive ketones (excluding diaryl/α,β-unsaturated/α-hetero) is 1. The summed E-state index contributed by atoms with van der Waals surface area (Å²) in [6.07, 6.45) is 1.81. The Balaban J connectivity index is 1.86. The molecule has 2 aromatic carbocycles. The third-order valence-corrected chi connectivity index (χ3v) is 5.15. The number of carbonyl (C=O) groups excluding carboxylic acids is 1. The molecule has 0 radical (unpaired) electrons. The van der Waals surface area contributed by atoms with Gasteiger partial charge in [0.1, 0.15) is 17.5 Å².